The zero-order valence-corrected chi connectivity index (χ0v) is 9.37. The highest BCUT2D eigenvalue weighted by molar-refractivity contribution is 6.30. The van der Waals surface area contributed by atoms with Gasteiger partial charge in [0.15, 0.2) is 5.82 Å². The van der Waals surface area contributed by atoms with Crippen molar-refractivity contribution in [3.05, 3.63) is 35.0 Å². The number of halogens is 1. The quantitative estimate of drug-likeness (QED) is 0.866. The molecule has 0 bridgehead atoms. The topological polar surface area (TPSA) is 52.0 Å². The lowest BCUT2D eigenvalue weighted by Gasteiger charge is -2.01. The maximum Gasteiger partial charge on any atom is 0.175 e. The first-order chi connectivity index (χ1) is 7.75. The molecule has 0 amide bonds. The van der Waals surface area contributed by atoms with Crippen molar-refractivity contribution in [2.24, 2.45) is 0 Å². The standard InChI is InChI=1S/C12H11ClN2O/c13-9-5-3-7(4-6-9)10-11(8-1-2-8)16-15-12(10)14/h3-6,8H,1-2H2,(H2,14,15). The Kier molecular flexibility index (Phi) is 2.14. The van der Waals surface area contributed by atoms with E-state index >= 15 is 0 Å². The molecule has 4 heteroatoms. The molecule has 0 saturated heterocycles. The second-order valence-corrected chi connectivity index (χ2v) is 4.52. The summed E-state index contributed by atoms with van der Waals surface area (Å²) in [5, 5.41) is 4.56. The van der Waals surface area contributed by atoms with Crippen molar-refractivity contribution in [2.45, 2.75) is 18.8 Å². The van der Waals surface area contributed by atoms with Gasteiger partial charge < -0.3 is 10.3 Å². The number of hydrogen-bond donors (Lipinski definition) is 1. The van der Waals surface area contributed by atoms with Crippen LogP contribution >= 0.6 is 11.6 Å². The first kappa shape index (κ1) is 9.73. The van der Waals surface area contributed by atoms with E-state index in [1.54, 1.807) is 0 Å². The fourth-order valence-electron chi connectivity index (χ4n) is 1.85. The summed E-state index contributed by atoms with van der Waals surface area (Å²) in [4.78, 5) is 0. The summed E-state index contributed by atoms with van der Waals surface area (Å²) in [6.07, 6.45) is 2.32. The Morgan fingerprint density at radius 2 is 1.94 bits per heavy atom. The van der Waals surface area contributed by atoms with Crippen LogP contribution in [0.1, 0.15) is 24.5 Å². The van der Waals surface area contributed by atoms with E-state index in [1.807, 2.05) is 24.3 Å². The molecular formula is C12H11ClN2O. The molecule has 2 N–H and O–H groups in total. The average Bonchev–Trinajstić information content (AvgIpc) is 3.05. The zero-order chi connectivity index (χ0) is 11.1. The summed E-state index contributed by atoms with van der Waals surface area (Å²) in [6.45, 7) is 0. The van der Waals surface area contributed by atoms with Crippen LogP contribution in [0.15, 0.2) is 28.8 Å². The summed E-state index contributed by atoms with van der Waals surface area (Å²) >= 11 is 5.86. The molecule has 1 aliphatic carbocycles. The van der Waals surface area contributed by atoms with Gasteiger partial charge in [0.25, 0.3) is 0 Å². The molecule has 1 fully saturated rings. The summed E-state index contributed by atoms with van der Waals surface area (Å²) in [7, 11) is 0. The molecule has 1 saturated carbocycles. The van der Waals surface area contributed by atoms with Crippen LogP contribution < -0.4 is 5.73 Å². The monoisotopic (exact) mass is 234 g/mol. The molecule has 1 aliphatic rings. The molecule has 3 nitrogen and oxygen atoms in total. The fraction of sp³-hybridized carbons (Fsp3) is 0.250. The smallest absolute Gasteiger partial charge is 0.175 e. The van der Waals surface area contributed by atoms with Gasteiger partial charge in [0.05, 0.1) is 5.56 Å². The molecule has 3 rings (SSSR count). The summed E-state index contributed by atoms with van der Waals surface area (Å²) < 4.78 is 5.30. The van der Waals surface area contributed by atoms with Gasteiger partial charge in [-0.1, -0.05) is 28.9 Å². The van der Waals surface area contributed by atoms with Crippen molar-refractivity contribution in [2.75, 3.05) is 5.73 Å². The molecule has 1 aromatic carbocycles. The summed E-state index contributed by atoms with van der Waals surface area (Å²) in [5.74, 6) is 1.87. The second-order valence-electron chi connectivity index (χ2n) is 4.09. The third kappa shape index (κ3) is 1.57. The SMILES string of the molecule is Nc1noc(C2CC2)c1-c1ccc(Cl)cc1. The predicted molar refractivity (Wildman–Crippen MR) is 63.3 cm³/mol. The van der Waals surface area contributed by atoms with Crippen LogP contribution in [0.3, 0.4) is 0 Å². The zero-order valence-electron chi connectivity index (χ0n) is 8.61. The van der Waals surface area contributed by atoms with E-state index in [0.717, 1.165) is 29.7 Å². The van der Waals surface area contributed by atoms with Gasteiger partial charge in [0.2, 0.25) is 0 Å². The molecule has 0 atom stereocenters. The highest BCUT2D eigenvalue weighted by Gasteiger charge is 2.32. The lowest BCUT2D eigenvalue weighted by molar-refractivity contribution is 0.387. The molecule has 1 aromatic heterocycles. The Morgan fingerprint density at radius 3 is 2.56 bits per heavy atom. The number of hydrogen-bond acceptors (Lipinski definition) is 3. The number of rotatable bonds is 2. The largest absolute Gasteiger partial charge is 0.380 e. The fourth-order valence-corrected chi connectivity index (χ4v) is 1.97. The van der Waals surface area contributed by atoms with Crippen LogP contribution in [0, 0.1) is 0 Å². The molecule has 0 radical (unpaired) electrons. The summed E-state index contributed by atoms with van der Waals surface area (Å²) in [6, 6.07) is 7.58. The maximum absolute atomic E-state index is 5.86. The van der Waals surface area contributed by atoms with Crippen LogP contribution in [0.5, 0.6) is 0 Å². The minimum Gasteiger partial charge on any atom is -0.380 e. The van der Waals surface area contributed by atoms with Crippen LogP contribution in [0.4, 0.5) is 5.82 Å². The maximum atomic E-state index is 5.86. The predicted octanol–water partition coefficient (Wildman–Crippen LogP) is 3.45. The van der Waals surface area contributed by atoms with E-state index in [1.165, 1.54) is 0 Å². The molecule has 1 heterocycles. The Hall–Kier alpha value is -1.48. The molecule has 0 unspecified atom stereocenters. The number of nitrogen functional groups attached to an aromatic ring is 1. The lowest BCUT2D eigenvalue weighted by Crippen LogP contribution is -1.89. The molecule has 2 aromatic rings. The van der Waals surface area contributed by atoms with E-state index in [-0.39, 0.29) is 0 Å². The van der Waals surface area contributed by atoms with Crippen molar-refractivity contribution in [3.8, 4) is 11.1 Å². The van der Waals surface area contributed by atoms with Crippen molar-refractivity contribution < 1.29 is 4.52 Å². The Balaban J connectivity index is 2.10. The van der Waals surface area contributed by atoms with Gasteiger partial charge in [-0.2, -0.15) is 0 Å². The minimum atomic E-state index is 0.462. The molecule has 82 valence electrons. The second kappa shape index (κ2) is 3.52. The minimum absolute atomic E-state index is 0.462. The Bertz CT molecular complexity index is 514. The molecular weight excluding hydrogens is 224 g/mol. The lowest BCUT2D eigenvalue weighted by atomic mass is 10.0. The molecule has 0 aliphatic heterocycles. The van der Waals surface area contributed by atoms with Gasteiger partial charge in [-0.25, -0.2) is 0 Å². The van der Waals surface area contributed by atoms with E-state index < -0.39 is 0 Å². The van der Waals surface area contributed by atoms with Crippen LogP contribution in [0.25, 0.3) is 11.1 Å². The van der Waals surface area contributed by atoms with E-state index in [4.69, 9.17) is 21.9 Å². The van der Waals surface area contributed by atoms with Gasteiger partial charge in [-0.3, -0.25) is 0 Å². The van der Waals surface area contributed by atoms with Gasteiger partial charge in [0, 0.05) is 10.9 Å². The third-order valence-corrected chi connectivity index (χ3v) is 3.08. The number of nitrogens with two attached hydrogens (primary N) is 1. The highest BCUT2D eigenvalue weighted by Crippen LogP contribution is 2.46. The third-order valence-electron chi connectivity index (χ3n) is 2.83. The molecule has 16 heavy (non-hydrogen) atoms. The van der Waals surface area contributed by atoms with E-state index in [2.05, 4.69) is 5.16 Å². The number of anilines is 1. The normalized spacial score (nSPS) is 15.3. The number of aromatic nitrogens is 1. The van der Waals surface area contributed by atoms with Gasteiger partial charge in [0.1, 0.15) is 5.76 Å². The van der Waals surface area contributed by atoms with Crippen molar-refractivity contribution in [1.29, 1.82) is 0 Å². The van der Waals surface area contributed by atoms with Gasteiger partial charge >= 0.3 is 0 Å². The van der Waals surface area contributed by atoms with Crippen molar-refractivity contribution in [1.82, 2.24) is 5.16 Å². The first-order valence-electron chi connectivity index (χ1n) is 5.26. The van der Waals surface area contributed by atoms with Crippen LogP contribution in [-0.4, -0.2) is 5.16 Å². The first-order valence-corrected chi connectivity index (χ1v) is 5.64. The van der Waals surface area contributed by atoms with E-state index in [0.29, 0.717) is 16.8 Å². The number of nitrogens with zero attached hydrogens (tertiary/aromatic N) is 1. The average molecular weight is 235 g/mol. The van der Waals surface area contributed by atoms with Crippen LogP contribution in [0.2, 0.25) is 5.02 Å². The van der Waals surface area contributed by atoms with Crippen molar-refractivity contribution in [3.63, 3.8) is 0 Å². The Labute approximate surface area is 98.2 Å². The Morgan fingerprint density at radius 1 is 1.25 bits per heavy atom. The highest BCUT2D eigenvalue weighted by atomic mass is 35.5. The van der Waals surface area contributed by atoms with Crippen LogP contribution in [-0.2, 0) is 0 Å². The van der Waals surface area contributed by atoms with Gasteiger partial charge in [-0.15, -0.1) is 0 Å². The number of benzene rings is 1. The molecule has 0 spiro atoms. The van der Waals surface area contributed by atoms with E-state index in [9.17, 15) is 0 Å². The summed E-state index contributed by atoms with van der Waals surface area (Å²) in [5.41, 5.74) is 7.79. The van der Waals surface area contributed by atoms with Crippen molar-refractivity contribution >= 4 is 17.4 Å². The van der Waals surface area contributed by atoms with Gasteiger partial charge in [-0.05, 0) is 30.5 Å².